The first-order valence-electron chi connectivity index (χ1n) is 4.64. The minimum atomic E-state index is -0.393. The van der Waals surface area contributed by atoms with E-state index in [1.165, 1.54) is 6.07 Å². The molecule has 0 saturated heterocycles. The molecule has 1 N–H and O–H groups in total. The van der Waals surface area contributed by atoms with Gasteiger partial charge >= 0.3 is 0 Å². The van der Waals surface area contributed by atoms with Crippen molar-refractivity contribution in [3.05, 3.63) is 29.6 Å². The van der Waals surface area contributed by atoms with Crippen molar-refractivity contribution in [3.8, 4) is 0 Å². The lowest BCUT2D eigenvalue weighted by molar-refractivity contribution is 0.195. The SMILES string of the molecule is CC(O)Cc1ccc(F)c(N(C)C)c1. The van der Waals surface area contributed by atoms with Crippen LogP contribution in [-0.2, 0) is 6.42 Å². The number of benzene rings is 1. The van der Waals surface area contributed by atoms with Crippen molar-refractivity contribution in [1.29, 1.82) is 0 Å². The predicted octanol–water partition coefficient (Wildman–Crippen LogP) is 1.81. The molecule has 2 nitrogen and oxygen atoms in total. The molecule has 1 aromatic carbocycles. The Morgan fingerprint density at radius 2 is 2.07 bits per heavy atom. The average molecular weight is 197 g/mol. The molecule has 0 aliphatic rings. The Morgan fingerprint density at radius 3 is 2.57 bits per heavy atom. The highest BCUT2D eigenvalue weighted by molar-refractivity contribution is 5.48. The summed E-state index contributed by atoms with van der Waals surface area (Å²) in [4.78, 5) is 1.72. The summed E-state index contributed by atoms with van der Waals surface area (Å²) in [6.07, 6.45) is 0.164. The molecule has 1 rings (SSSR count). The summed E-state index contributed by atoms with van der Waals surface area (Å²) in [5.41, 5.74) is 1.51. The van der Waals surface area contributed by atoms with Gasteiger partial charge in [-0.05, 0) is 31.0 Å². The van der Waals surface area contributed by atoms with Crippen LogP contribution in [0.1, 0.15) is 12.5 Å². The lowest BCUT2D eigenvalue weighted by atomic mass is 10.1. The molecule has 0 bridgehead atoms. The average Bonchev–Trinajstić information content (AvgIpc) is 2.07. The Morgan fingerprint density at radius 1 is 1.43 bits per heavy atom. The summed E-state index contributed by atoms with van der Waals surface area (Å²) in [6, 6.07) is 4.91. The van der Waals surface area contributed by atoms with Crippen molar-refractivity contribution in [2.45, 2.75) is 19.4 Å². The molecule has 78 valence electrons. The lowest BCUT2D eigenvalue weighted by Crippen LogP contribution is -2.12. The summed E-state index contributed by atoms with van der Waals surface area (Å²) in [6.45, 7) is 1.72. The van der Waals surface area contributed by atoms with Crippen molar-refractivity contribution < 1.29 is 9.50 Å². The van der Waals surface area contributed by atoms with Crippen LogP contribution in [-0.4, -0.2) is 25.3 Å². The van der Waals surface area contributed by atoms with E-state index >= 15 is 0 Å². The molecule has 0 fully saturated rings. The molecule has 1 aromatic rings. The fourth-order valence-corrected chi connectivity index (χ4v) is 1.37. The standard InChI is InChI=1S/C11H16FNO/c1-8(14)6-9-4-5-10(12)11(7-9)13(2)3/h4-5,7-8,14H,6H2,1-3H3. The van der Waals surface area contributed by atoms with Gasteiger partial charge in [0.1, 0.15) is 5.82 Å². The molecule has 0 aliphatic heterocycles. The van der Waals surface area contributed by atoms with E-state index in [1.54, 1.807) is 38.1 Å². The van der Waals surface area contributed by atoms with E-state index < -0.39 is 6.10 Å². The predicted molar refractivity (Wildman–Crippen MR) is 56.1 cm³/mol. The molecule has 0 saturated carbocycles. The Kier molecular flexibility index (Phi) is 3.47. The molecule has 0 aromatic heterocycles. The van der Waals surface area contributed by atoms with E-state index in [-0.39, 0.29) is 5.82 Å². The highest BCUT2D eigenvalue weighted by Crippen LogP contribution is 2.19. The van der Waals surface area contributed by atoms with Crippen LogP contribution in [0.5, 0.6) is 0 Å². The van der Waals surface area contributed by atoms with E-state index in [0.717, 1.165) is 5.56 Å². The maximum absolute atomic E-state index is 13.3. The fourth-order valence-electron chi connectivity index (χ4n) is 1.37. The van der Waals surface area contributed by atoms with Gasteiger partial charge in [0.15, 0.2) is 0 Å². The summed E-state index contributed by atoms with van der Waals surface area (Å²) < 4.78 is 13.3. The molecule has 1 unspecified atom stereocenters. The quantitative estimate of drug-likeness (QED) is 0.799. The van der Waals surface area contributed by atoms with Crippen molar-refractivity contribution in [1.82, 2.24) is 0 Å². The fraction of sp³-hybridized carbons (Fsp3) is 0.455. The van der Waals surface area contributed by atoms with Crippen LogP contribution in [0, 0.1) is 5.82 Å². The third-order valence-electron chi connectivity index (χ3n) is 2.02. The van der Waals surface area contributed by atoms with Crippen LogP contribution in [0.4, 0.5) is 10.1 Å². The van der Waals surface area contributed by atoms with Gasteiger partial charge in [0, 0.05) is 14.1 Å². The van der Waals surface area contributed by atoms with Crippen molar-refractivity contribution in [2.75, 3.05) is 19.0 Å². The van der Waals surface area contributed by atoms with Gasteiger partial charge in [-0.2, -0.15) is 0 Å². The number of hydrogen-bond donors (Lipinski definition) is 1. The van der Waals surface area contributed by atoms with Gasteiger partial charge in [-0.15, -0.1) is 0 Å². The second-order valence-corrected chi connectivity index (χ2v) is 3.73. The summed E-state index contributed by atoms with van der Waals surface area (Å²) in [5, 5.41) is 9.20. The minimum Gasteiger partial charge on any atom is -0.393 e. The number of aliphatic hydroxyl groups excluding tert-OH is 1. The highest BCUT2D eigenvalue weighted by atomic mass is 19.1. The molecule has 1 atom stereocenters. The zero-order valence-corrected chi connectivity index (χ0v) is 8.79. The molecule has 0 spiro atoms. The lowest BCUT2D eigenvalue weighted by Gasteiger charge is -2.15. The normalized spacial score (nSPS) is 12.6. The number of anilines is 1. The Labute approximate surface area is 84.0 Å². The van der Waals surface area contributed by atoms with Crippen molar-refractivity contribution in [2.24, 2.45) is 0 Å². The van der Waals surface area contributed by atoms with Gasteiger partial charge < -0.3 is 10.0 Å². The van der Waals surface area contributed by atoms with Gasteiger partial charge in [-0.3, -0.25) is 0 Å². The van der Waals surface area contributed by atoms with E-state index in [0.29, 0.717) is 12.1 Å². The Balaban J connectivity index is 2.94. The number of aliphatic hydroxyl groups is 1. The number of hydrogen-bond acceptors (Lipinski definition) is 2. The number of rotatable bonds is 3. The largest absolute Gasteiger partial charge is 0.393 e. The second kappa shape index (κ2) is 4.42. The zero-order valence-electron chi connectivity index (χ0n) is 8.79. The first-order valence-corrected chi connectivity index (χ1v) is 4.64. The van der Waals surface area contributed by atoms with Gasteiger partial charge in [0.2, 0.25) is 0 Å². The summed E-state index contributed by atoms with van der Waals surface area (Å²) in [7, 11) is 3.59. The molecule has 3 heteroatoms. The number of nitrogens with zero attached hydrogens (tertiary/aromatic N) is 1. The van der Waals surface area contributed by atoms with Crippen LogP contribution in [0.15, 0.2) is 18.2 Å². The Bertz CT molecular complexity index is 310. The molecule has 0 heterocycles. The molecular formula is C11H16FNO. The van der Waals surface area contributed by atoms with Gasteiger partial charge in [-0.25, -0.2) is 4.39 Å². The maximum Gasteiger partial charge on any atom is 0.146 e. The maximum atomic E-state index is 13.3. The summed E-state index contributed by atoms with van der Waals surface area (Å²) >= 11 is 0. The zero-order chi connectivity index (χ0) is 10.7. The van der Waals surface area contributed by atoms with Gasteiger partial charge in [0.05, 0.1) is 11.8 Å². The smallest absolute Gasteiger partial charge is 0.146 e. The van der Waals surface area contributed by atoms with E-state index in [9.17, 15) is 9.50 Å². The second-order valence-electron chi connectivity index (χ2n) is 3.73. The van der Waals surface area contributed by atoms with Gasteiger partial charge in [0.25, 0.3) is 0 Å². The molecule has 0 radical (unpaired) electrons. The van der Waals surface area contributed by atoms with Crippen LogP contribution >= 0.6 is 0 Å². The van der Waals surface area contributed by atoms with E-state index in [2.05, 4.69) is 0 Å². The van der Waals surface area contributed by atoms with Crippen LogP contribution < -0.4 is 4.90 Å². The molecular weight excluding hydrogens is 181 g/mol. The third-order valence-corrected chi connectivity index (χ3v) is 2.02. The van der Waals surface area contributed by atoms with Crippen LogP contribution in [0.3, 0.4) is 0 Å². The van der Waals surface area contributed by atoms with E-state index in [4.69, 9.17) is 0 Å². The van der Waals surface area contributed by atoms with Gasteiger partial charge in [-0.1, -0.05) is 6.07 Å². The van der Waals surface area contributed by atoms with Crippen LogP contribution in [0.2, 0.25) is 0 Å². The third kappa shape index (κ3) is 2.70. The Hall–Kier alpha value is -1.09. The highest BCUT2D eigenvalue weighted by Gasteiger charge is 2.06. The van der Waals surface area contributed by atoms with Crippen LogP contribution in [0.25, 0.3) is 0 Å². The minimum absolute atomic E-state index is 0.232. The summed E-state index contributed by atoms with van der Waals surface area (Å²) in [5.74, 6) is -0.232. The first kappa shape index (κ1) is 11.0. The van der Waals surface area contributed by atoms with Crippen molar-refractivity contribution >= 4 is 5.69 Å². The molecule has 0 amide bonds. The van der Waals surface area contributed by atoms with Crippen molar-refractivity contribution in [3.63, 3.8) is 0 Å². The first-order chi connectivity index (χ1) is 6.50. The van der Waals surface area contributed by atoms with E-state index in [1.807, 2.05) is 0 Å². The monoisotopic (exact) mass is 197 g/mol. The molecule has 0 aliphatic carbocycles. The topological polar surface area (TPSA) is 23.5 Å². The number of halogens is 1. The molecule has 14 heavy (non-hydrogen) atoms.